The molecule has 0 radical (unpaired) electrons. The fourth-order valence-corrected chi connectivity index (χ4v) is 1.05. The number of halogens is 4. The first-order valence-corrected chi connectivity index (χ1v) is 4.16. The van der Waals surface area contributed by atoms with Gasteiger partial charge in [0.25, 0.3) is 0 Å². The summed E-state index contributed by atoms with van der Waals surface area (Å²) in [5.74, 6) is 0. The molecule has 0 aliphatic carbocycles. The average Bonchev–Trinajstić information content (AvgIpc) is 1.99. The quantitative estimate of drug-likeness (QED) is 0.726. The van der Waals surface area contributed by atoms with E-state index in [0.29, 0.717) is 5.02 Å². The number of carbonyl (C=O) groups excluding carboxylic acids is 1. The van der Waals surface area contributed by atoms with E-state index in [0.717, 1.165) is 5.32 Å². The molecule has 2 N–H and O–H groups in total. The standard InChI is InChI=1S/C8H6ClF3N2O/c9-5-2-1-3-6(4-5)13-7(15)14-8(10,11)12/h1-4H,(H2,13,14,15). The molecule has 0 spiro atoms. The molecule has 3 nitrogen and oxygen atoms in total. The monoisotopic (exact) mass is 238 g/mol. The van der Waals surface area contributed by atoms with E-state index in [1.165, 1.54) is 24.3 Å². The van der Waals surface area contributed by atoms with E-state index in [1.54, 1.807) is 0 Å². The summed E-state index contributed by atoms with van der Waals surface area (Å²) in [6.45, 7) is 0. The molecule has 2 amide bonds. The van der Waals surface area contributed by atoms with Crippen molar-refractivity contribution in [2.24, 2.45) is 0 Å². The Balaban J connectivity index is 2.59. The molecule has 0 aliphatic heterocycles. The molecule has 0 saturated carbocycles. The maximum atomic E-state index is 11.7. The minimum absolute atomic E-state index is 0.184. The minimum atomic E-state index is -4.75. The maximum Gasteiger partial charge on any atom is 0.485 e. The van der Waals surface area contributed by atoms with Gasteiger partial charge in [0, 0.05) is 10.7 Å². The van der Waals surface area contributed by atoms with Crippen molar-refractivity contribution in [3.05, 3.63) is 29.3 Å². The number of urea groups is 1. The lowest BCUT2D eigenvalue weighted by Crippen LogP contribution is -2.40. The summed E-state index contributed by atoms with van der Waals surface area (Å²) in [7, 11) is 0. The molecule has 15 heavy (non-hydrogen) atoms. The normalized spacial score (nSPS) is 10.9. The van der Waals surface area contributed by atoms with Gasteiger partial charge in [-0.05, 0) is 18.2 Å². The predicted octanol–water partition coefficient (Wildman–Crippen LogP) is 2.98. The van der Waals surface area contributed by atoms with Gasteiger partial charge in [-0.2, -0.15) is 13.2 Å². The van der Waals surface area contributed by atoms with Crippen molar-refractivity contribution in [2.75, 3.05) is 5.32 Å². The summed E-state index contributed by atoms with van der Waals surface area (Å²) in [6.07, 6.45) is -4.75. The van der Waals surface area contributed by atoms with Crippen LogP contribution in [0.2, 0.25) is 5.02 Å². The highest BCUT2D eigenvalue weighted by molar-refractivity contribution is 6.30. The van der Waals surface area contributed by atoms with Crippen LogP contribution in [0.15, 0.2) is 24.3 Å². The van der Waals surface area contributed by atoms with Crippen molar-refractivity contribution in [1.29, 1.82) is 0 Å². The lowest BCUT2D eigenvalue weighted by Gasteiger charge is -2.09. The Bertz CT molecular complexity index is 367. The van der Waals surface area contributed by atoms with Gasteiger partial charge in [0.1, 0.15) is 0 Å². The van der Waals surface area contributed by atoms with Crippen LogP contribution in [0.1, 0.15) is 0 Å². The van der Waals surface area contributed by atoms with Crippen molar-refractivity contribution in [1.82, 2.24) is 5.32 Å². The number of anilines is 1. The maximum absolute atomic E-state index is 11.7. The van der Waals surface area contributed by atoms with Crippen LogP contribution in [0.3, 0.4) is 0 Å². The fraction of sp³-hybridized carbons (Fsp3) is 0.125. The van der Waals surface area contributed by atoms with Crippen LogP contribution in [0.4, 0.5) is 23.7 Å². The molecule has 0 aliphatic rings. The van der Waals surface area contributed by atoms with Crippen LogP contribution < -0.4 is 10.6 Å². The zero-order valence-corrected chi connectivity index (χ0v) is 7.99. The molecule has 0 atom stereocenters. The smallest absolute Gasteiger partial charge is 0.308 e. The third kappa shape index (κ3) is 4.55. The number of carbonyl (C=O) groups is 1. The van der Waals surface area contributed by atoms with Gasteiger partial charge in [0.2, 0.25) is 0 Å². The molecule has 0 bridgehead atoms. The lowest BCUT2D eigenvalue weighted by atomic mass is 10.3. The molecule has 0 heterocycles. The zero-order valence-electron chi connectivity index (χ0n) is 7.23. The highest BCUT2D eigenvalue weighted by Gasteiger charge is 2.29. The number of amides is 2. The Morgan fingerprint density at radius 1 is 1.33 bits per heavy atom. The largest absolute Gasteiger partial charge is 0.485 e. The van der Waals surface area contributed by atoms with Gasteiger partial charge in [-0.25, -0.2) is 10.1 Å². The van der Waals surface area contributed by atoms with E-state index in [9.17, 15) is 18.0 Å². The van der Waals surface area contributed by atoms with Gasteiger partial charge in [-0.3, -0.25) is 0 Å². The summed E-state index contributed by atoms with van der Waals surface area (Å²) in [5.41, 5.74) is 0.184. The molecule has 1 aromatic carbocycles. The number of rotatable bonds is 1. The van der Waals surface area contributed by atoms with Crippen LogP contribution in [0.5, 0.6) is 0 Å². The first kappa shape index (κ1) is 11.6. The van der Waals surface area contributed by atoms with Gasteiger partial charge in [0.15, 0.2) is 0 Å². The van der Waals surface area contributed by atoms with Gasteiger partial charge >= 0.3 is 12.3 Å². The number of nitrogens with one attached hydrogen (secondary N) is 2. The van der Waals surface area contributed by atoms with Crippen LogP contribution >= 0.6 is 11.6 Å². The molecule has 1 rings (SSSR count). The van der Waals surface area contributed by atoms with E-state index in [-0.39, 0.29) is 5.69 Å². The van der Waals surface area contributed by atoms with Crippen LogP contribution in [-0.4, -0.2) is 12.3 Å². The molecule has 82 valence electrons. The Labute approximate surface area is 88.2 Å². The molecule has 0 fully saturated rings. The molecule has 0 saturated heterocycles. The molecular formula is C8H6ClF3N2O. The third-order valence-corrected chi connectivity index (χ3v) is 1.57. The van der Waals surface area contributed by atoms with Crippen molar-refractivity contribution < 1.29 is 18.0 Å². The highest BCUT2D eigenvalue weighted by Crippen LogP contribution is 2.15. The fourth-order valence-electron chi connectivity index (χ4n) is 0.857. The summed E-state index contributed by atoms with van der Waals surface area (Å²) in [6, 6.07) is 4.43. The Morgan fingerprint density at radius 2 is 2.00 bits per heavy atom. The number of hydrogen-bond donors (Lipinski definition) is 2. The van der Waals surface area contributed by atoms with Crippen molar-refractivity contribution in [2.45, 2.75) is 6.30 Å². The predicted molar refractivity (Wildman–Crippen MR) is 49.7 cm³/mol. The highest BCUT2D eigenvalue weighted by atomic mass is 35.5. The number of hydrogen-bond acceptors (Lipinski definition) is 1. The molecule has 1 aromatic rings. The summed E-state index contributed by atoms with van der Waals surface area (Å²) >= 11 is 5.57. The Hall–Kier alpha value is -1.43. The molecule has 0 unspecified atom stereocenters. The third-order valence-electron chi connectivity index (χ3n) is 1.34. The van der Waals surface area contributed by atoms with E-state index in [2.05, 4.69) is 0 Å². The topological polar surface area (TPSA) is 41.1 Å². The SMILES string of the molecule is O=C(Nc1cccc(Cl)c1)NC(F)(F)F. The average molecular weight is 239 g/mol. The van der Waals surface area contributed by atoms with Crippen molar-refractivity contribution in [3.63, 3.8) is 0 Å². The first-order chi connectivity index (χ1) is 6.87. The van der Waals surface area contributed by atoms with E-state index in [4.69, 9.17) is 11.6 Å². The van der Waals surface area contributed by atoms with Crippen LogP contribution in [-0.2, 0) is 0 Å². The van der Waals surface area contributed by atoms with E-state index < -0.39 is 12.3 Å². The van der Waals surface area contributed by atoms with Gasteiger partial charge in [0.05, 0.1) is 0 Å². The Kier molecular flexibility index (Phi) is 3.41. The molecule has 7 heteroatoms. The second kappa shape index (κ2) is 4.39. The van der Waals surface area contributed by atoms with Gasteiger partial charge in [-0.1, -0.05) is 17.7 Å². The van der Waals surface area contributed by atoms with Crippen molar-refractivity contribution >= 4 is 23.3 Å². The van der Waals surface area contributed by atoms with E-state index in [1.807, 2.05) is 5.32 Å². The second-order valence-electron chi connectivity index (χ2n) is 2.59. The number of alkyl halides is 3. The molecular weight excluding hydrogens is 233 g/mol. The summed E-state index contributed by atoms with van der Waals surface area (Å²) in [5, 5.41) is 3.10. The van der Waals surface area contributed by atoms with Crippen molar-refractivity contribution in [3.8, 4) is 0 Å². The van der Waals surface area contributed by atoms with E-state index >= 15 is 0 Å². The zero-order chi connectivity index (χ0) is 11.5. The van der Waals surface area contributed by atoms with Gasteiger partial charge in [-0.15, -0.1) is 0 Å². The second-order valence-corrected chi connectivity index (χ2v) is 3.02. The minimum Gasteiger partial charge on any atom is -0.308 e. The van der Waals surface area contributed by atoms with Crippen LogP contribution in [0, 0.1) is 0 Å². The van der Waals surface area contributed by atoms with Crippen LogP contribution in [0.25, 0.3) is 0 Å². The molecule has 0 aromatic heterocycles. The van der Waals surface area contributed by atoms with Gasteiger partial charge < -0.3 is 5.32 Å². The number of benzene rings is 1. The summed E-state index contributed by atoms with van der Waals surface area (Å²) in [4.78, 5) is 10.8. The lowest BCUT2D eigenvalue weighted by molar-refractivity contribution is -0.144. The summed E-state index contributed by atoms with van der Waals surface area (Å²) < 4.78 is 35.1. The first-order valence-electron chi connectivity index (χ1n) is 3.78. The Morgan fingerprint density at radius 3 is 2.53 bits per heavy atom.